The fourth-order valence-electron chi connectivity index (χ4n) is 3.21. The summed E-state index contributed by atoms with van der Waals surface area (Å²) in [5.41, 5.74) is 0.192. The zero-order valence-corrected chi connectivity index (χ0v) is 15.9. The van der Waals surface area contributed by atoms with E-state index in [4.69, 9.17) is 4.74 Å². The standard InChI is InChI=1S/C23H16F2N2O3/c1-30-16-6-4-5-15(12-16)27-13-19(17-7-2-3-8-18(17)23(27)29)22(28)26-21-10-9-14(24)11-20(21)25/h2-13H,1H3,(H,26,28). The summed E-state index contributed by atoms with van der Waals surface area (Å²) in [5, 5.41) is 3.19. The number of anilines is 1. The maximum Gasteiger partial charge on any atom is 0.262 e. The monoisotopic (exact) mass is 406 g/mol. The number of methoxy groups -OCH3 is 1. The first kappa shape index (κ1) is 19.3. The molecule has 4 aromatic rings. The summed E-state index contributed by atoms with van der Waals surface area (Å²) < 4.78 is 33.7. The number of carbonyl (C=O) groups excluding carboxylic acids is 1. The van der Waals surface area contributed by atoms with Crippen LogP contribution in [0.15, 0.2) is 77.7 Å². The van der Waals surface area contributed by atoms with Gasteiger partial charge in [0.15, 0.2) is 0 Å². The Labute approximate surface area is 170 Å². The summed E-state index contributed by atoms with van der Waals surface area (Å²) >= 11 is 0. The fraction of sp³-hybridized carbons (Fsp3) is 0.0435. The lowest BCUT2D eigenvalue weighted by Crippen LogP contribution is -2.23. The molecule has 0 aliphatic rings. The molecule has 150 valence electrons. The average molecular weight is 406 g/mol. The molecule has 0 fully saturated rings. The van der Waals surface area contributed by atoms with Crippen molar-refractivity contribution in [2.24, 2.45) is 0 Å². The molecule has 0 spiro atoms. The molecule has 5 nitrogen and oxygen atoms in total. The van der Waals surface area contributed by atoms with Crippen molar-refractivity contribution in [2.75, 3.05) is 12.4 Å². The fourth-order valence-corrected chi connectivity index (χ4v) is 3.21. The van der Waals surface area contributed by atoms with E-state index in [0.717, 1.165) is 12.1 Å². The molecule has 0 aliphatic heterocycles. The van der Waals surface area contributed by atoms with E-state index in [1.165, 1.54) is 17.9 Å². The Morgan fingerprint density at radius 1 is 0.967 bits per heavy atom. The normalized spacial score (nSPS) is 10.8. The Bertz CT molecular complexity index is 1330. The minimum atomic E-state index is -0.895. The first-order valence-electron chi connectivity index (χ1n) is 9.03. The summed E-state index contributed by atoms with van der Waals surface area (Å²) in [5.74, 6) is -1.73. The van der Waals surface area contributed by atoms with Gasteiger partial charge >= 0.3 is 0 Å². The van der Waals surface area contributed by atoms with Gasteiger partial charge in [0.05, 0.1) is 24.0 Å². The van der Waals surface area contributed by atoms with E-state index in [-0.39, 0.29) is 16.8 Å². The Hall–Kier alpha value is -4.00. The van der Waals surface area contributed by atoms with Crippen LogP contribution in [0.5, 0.6) is 5.75 Å². The van der Waals surface area contributed by atoms with Crippen molar-refractivity contribution < 1.29 is 18.3 Å². The first-order chi connectivity index (χ1) is 14.5. The minimum Gasteiger partial charge on any atom is -0.497 e. The van der Waals surface area contributed by atoms with Crippen LogP contribution in [0.2, 0.25) is 0 Å². The van der Waals surface area contributed by atoms with Crippen LogP contribution in [-0.4, -0.2) is 17.6 Å². The van der Waals surface area contributed by atoms with E-state index in [1.54, 1.807) is 48.5 Å². The molecule has 0 unspecified atom stereocenters. The lowest BCUT2D eigenvalue weighted by atomic mass is 10.1. The van der Waals surface area contributed by atoms with Crippen molar-refractivity contribution in [1.29, 1.82) is 0 Å². The first-order valence-corrected chi connectivity index (χ1v) is 9.03. The molecule has 0 radical (unpaired) electrons. The number of hydrogen-bond acceptors (Lipinski definition) is 3. The van der Waals surface area contributed by atoms with Gasteiger partial charge in [-0.25, -0.2) is 8.78 Å². The van der Waals surface area contributed by atoms with Gasteiger partial charge in [-0.15, -0.1) is 0 Å². The number of rotatable bonds is 4. The Balaban J connectivity index is 1.87. The highest BCUT2D eigenvalue weighted by atomic mass is 19.1. The number of ether oxygens (including phenoxy) is 1. The van der Waals surface area contributed by atoms with Gasteiger partial charge in [0.25, 0.3) is 11.5 Å². The maximum absolute atomic E-state index is 14.0. The van der Waals surface area contributed by atoms with E-state index in [0.29, 0.717) is 28.3 Å². The van der Waals surface area contributed by atoms with E-state index >= 15 is 0 Å². The van der Waals surface area contributed by atoms with Gasteiger partial charge in [-0.05, 0) is 30.3 Å². The van der Waals surface area contributed by atoms with Crippen LogP contribution in [0.25, 0.3) is 16.5 Å². The van der Waals surface area contributed by atoms with Gasteiger partial charge in [0.1, 0.15) is 17.4 Å². The van der Waals surface area contributed by atoms with E-state index < -0.39 is 17.5 Å². The maximum atomic E-state index is 14.0. The minimum absolute atomic E-state index is 0.162. The molecular formula is C23H16F2N2O3. The molecule has 7 heteroatoms. The second kappa shape index (κ2) is 7.79. The molecule has 0 atom stereocenters. The van der Waals surface area contributed by atoms with Gasteiger partial charge in [0, 0.05) is 29.1 Å². The topological polar surface area (TPSA) is 60.3 Å². The SMILES string of the molecule is COc1cccc(-n2cc(C(=O)Nc3ccc(F)cc3F)c3ccccc3c2=O)c1. The highest BCUT2D eigenvalue weighted by Crippen LogP contribution is 2.22. The number of carbonyl (C=O) groups is 1. The number of pyridine rings is 1. The molecule has 3 aromatic carbocycles. The van der Waals surface area contributed by atoms with Crippen LogP contribution in [0.1, 0.15) is 10.4 Å². The molecule has 0 aliphatic carbocycles. The molecular weight excluding hydrogens is 390 g/mol. The number of benzene rings is 3. The average Bonchev–Trinajstić information content (AvgIpc) is 2.76. The van der Waals surface area contributed by atoms with E-state index in [2.05, 4.69) is 5.32 Å². The highest BCUT2D eigenvalue weighted by Gasteiger charge is 2.17. The van der Waals surface area contributed by atoms with Crippen LogP contribution in [-0.2, 0) is 0 Å². The van der Waals surface area contributed by atoms with E-state index in [1.807, 2.05) is 0 Å². The van der Waals surface area contributed by atoms with Gasteiger partial charge in [-0.1, -0.05) is 24.3 Å². The number of nitrogens with zero attached hydrogens (tertiary/aromatic N) is 1. The van der Waals surface area contributed by atoms with Crippen LogP contribution < -0.4 is 15.6 Å². The molecule has 1 aromatic heterocycles. The van der Waals surface area contributed by atoms with Crippen molar-refractivity contribution in [3.05, 3.63) is 100 Å². The van der Waals surface area contributed by atoms with Gasteiger partial charge in [-0.2, -0.15) is 0 Å². The molecule has 1 N–H and O–H groups in total. The summed E-state index contributed by atoms with van der Waals surface area (Å²) in [6.45, 7) is 0. The largest absolute Gasteiger partial charge is 0.497 e. The summed E-state index contributed by atoms with van der Waals surface area (Å²) in [6, 6.07) is 16.4. The number of aromatic nitrogens is 1. The van der Waals surface area contributed by atoms with Crippen LogP contribution in [0.3, 0.4) is 0 Å². The van der Waals surface area contributed by atoms with Gasteiger partial charge in [-0.3, -0.25) is 14.2 Å². The molecule has 1 heterocycles. The van der Waals surface area contributed by atoms with Gasteiger partial charge in [0.2, 0.25) is 0 Å². The number of fused-ring (bicyclic) bond motifs is 1. The van der Waals surface area contributed by atoms with Crippen LogP contribution in [0.4, 0.5) is 14.5 Å². The number of hydrogen-bond donors (Lipinski definition) is 1. The third kappa shape index (κ3) is 3.53. The van der Waals surface area contributed by atoms with Crippen LogP contribution in [0, 0.1) is 11.6 Å². The number of amides is 1. The molecule has 0 saturated carbocycles. The van der Waals surface area contributed by atoms with Crippen molar-refractivity contribution in [3.63, 3.8) is 0 Å². The third-order valence-electron chi connectivity index (χ3n) is 4.68. The Morgan fingerprint density at radius 2 is 1.73 bits per heavy atom. The van der Waals surface area contributed by atoms with Crippen molar-refractivity contribution in [3.8, 4) is 11.4 Å². The quantitative estimate of drug-likeness (QED) is 0.542. The zero-order valence-electron chi connectivity index (χ0n) is 15.9. The zero-order chi connectivity index (χ0) is 21.3. The molecule has 30 heavy (non-hydrogen) atoms. The second-order valence-electron chi connectivity index (χ2n) is 6.54. The number of nitrogens with one attached hydrogen (secondary N) is 1. The second-order valence-corrected chi connectivity index (χ2v) is 6.54. The smallest absolute Gasteiger partial charge is 0.262 e. The lowest BCUT2D eigenvalue weighted by Gasteiger charge is -2.13. The van der Waals surface area contributed by atoms with Crippen molar-refractivity contribution >= 4 is 22.4 Å². The van der Waals surface area contributed by atoms with Crippen LogP contribution >= 0.6 is 0 Å². The summed E-state index contributed by atoms with van der Waals surface area (Å²) in [7, 11) is 1.51. The summed E-state index contributed by atoms with van der Waals surface area (Å²) in [4.78, 5) is 26.0. The third-order valence-corrected chi connectivity index (χ3v) is 4.68. The summed E-state index contributed by atoms with van der Waals surface area (Å²) in [6.07, 6.45) is 1.40. The molecule has 0 bridgehead atoms. The highest BCUT2D eigenvalue weighted by molar-refractivity contribution is 6.12. The lowest BCUT2D eigenvalue weighted by molar-refractivity contribution is 0.102. The Morgan fingerprint density at radius 3 is 2.47 bits per heavy atom. The van der Waals surface area contributed by atoms with E-state index in [9.17, 15) is 18.4 Å². The van der Waals surface area contributed by atoms with Gasteiger partial charge < -0.3 is 10.1 Å². The molecule has 4 rings (SSSR count). The number of halogens is 2. The van der Waals surface area contributed by atoms with Crippen molar-refractivity contribution in [1.82, 2.24) is 4.57 Å². The molecule has 0 saturated heterocycles. The Kier molecular flexibility index (Phi) is 5.02. The predicted molar refractivity (Wildman–Crippen MR) is 110 cm³/mol. The predicted octanol–water partition coefficient (Wildman–Crippen LogP) is 4.53. The van der Waals surface area contributed by atoms with Crippen molar-refractivity contribution in [2.45, 2.75) is 0 Å². The molecule has 1 amide bonds.